The van der Waals surface area contributed by atoms with Gasteiger partial charge in [0.2, 0.25) is 0 Å². The topological polar surface area (TPSA) is 68.5 Å². The van der Waals surface area contributed by atoms with Crippen LogP contribution in [0.2, 0.25) is 0 Å². The van der Waals surface area contributed by atoms with Gasteiger partial charge in [-0.2, -0.15) is 4.68 Å². The molecule has 0 radical (unpaired) electrons. The van der Waals surface area contributed by atoms with Gasteiger partial charge in [-0.15, -0.1) is 5.10 Å². The second kappa shape index (κ2) is 8.22. The van der Waals surface area contributed by atoms with E-state index >= 15 is 0 Å². The molecule has 0 amide bonds. The van der Waals surface area contributed by atoms with Crippen LogP contribution in [-0.2, 0) is 6.54 Å². The number of hydrogen-bond donors (Lipinski definition) is 1. The van der Waals surface area contributed by atoms with Gasteiger partial charge in [0.05, 0.1) is 0 Å². The number of pyridine rings is 2. The molecule has 0 fully saturated rings. The largest absolute Gasteiger partial charge is 0.381 e. The van der Waals surface area contributed by atoms with Crippen LogP contribution in [0.1, 0.15) is 36.7 Å². The molecule has 4 rings (SSSR count). The molecule has 0 aliphatic rings. The third kappa shape index (κ3) is 4.01. The molecule has 0 saturated heterocycles. The van der Waals surface area contributed by atoms with E-state index in [1.807, 2.05) is 41.2 Å². The van der Waals surface area contributed by atoms with Crippen molar-refractivity contribution in [3.05, 3.63) is 84.1 Å². The fourth-order valence-corrected chi connectivity index (χ4v) is 3.16. The molecule has 29 heavy (non-hydrogen) atoms. The van der Waals surface area contributed by atoms with Gasteiger partial charge in [0.15, 0.2) is 17.5 Å². The molecular weight excluding hydrogens is 360 g/mol. The lowest BCUT2D eigenvalue weighted by Gasteiger charge is -2.13. The van der Waals surface area contributed by atoms with Crippen LogP contribution in [0.4, 0.5) is 5.69 Å². The van der Waals surface area contributed by atoms with Crippen molar-refractivity contribution in [2.45, 2.75) is 33.2 Å². The molecule has 0 unspecified atom stereocenters. The van der Waals surface area contributed by atoms with E-state index in [0.717, 1.165) is 39.8 Å². The van der Waals surface area contributed by atoms with Crippen LogP contribution >= 0.6 is 0 Å². The first-order valence-corrected chi connectivity index (χ1v) is 9.74. The van der Waals surface area contributed by atoms with Gasteiger partial charge in [0.1, 0.15) is 0 Å². The Labute approximate surface area is 170 Å². The summed E-state index contributed by atoms with van der Waals surface area (Å²) in [5, 5.41) is 8.25. The Kier molecular flexibility index (Phi) is 5.33. The Morgan fingerprint density at radius 3 is 2.62 bits per heavy atom. The van der Waals surface area contributed by atoms with Gasteiger partial charge in [0.25, 0.3) is 0 Å². The highest BCUT2D eigenvalue weighted by Gasteiger charge is 2.18. The zero-order valence-corrected chi connectivity index (χ0v) is 16.9. The number of benzene rings is 1. The van der Waals surface area contributed by atoms with Gasteiger partial charge >= 0.3 is 0 Å². The van der Waals surface area contributed by atoms with Crippen LogP contribution in [0.15, 0.2) is 67.1 Å². The zero-order chi connectivity index (χ0) is 20.2. The van der Waals surface area contributed by atoms with Crippen LogP contribution in [-0.4, -0.2) is 24.7 Å². The number of nitrogens with one attached hydrogen (secondary N) is 1. The Balaban J connectivity index is 1.73. The van der Waals surface area contributed by atoms with Crippen molar-refractivity contribution in [3.8, 4) is 17.2 Å². The molecule has 0 aliphatic heterocycles. The molecule has 6 nitrogen and oxygen atoms in total. The molecule has 0 saturated carbocycles. The highest BCUT2D eigenvalue weighted by molar-refractivity contribution is 5.70. The summed E-state index contributed by atoms with van der Waals surface area (Å²) in [6, 6.07) is 16.0. The number of anilines is 1. The van der Waals surface area contributed by atoms with Crippen LogP contribution in [0, 0.1) is 6.92 Å². The maximum atomic E-state index is 4.85. The summed E-state index contributed by atoms with van der Waals surface area (Å²) < 4.78 is 1.84. The monoisotopic (exact) mass is 384 g/mol. The minimum Gasteiger partial charge on any atom is -0.381 e. The molecule has 0 aliphatic carbocycles. The van der Waals surface area contributed by atoms with E-state index in [1.54, 1.807) is 12.4 Å². The number of hydrogen-bond acceptors (Lipinski definition) is 5. The highest BCUT2D eigenvalue weighted by atomic mass is 15.4. The van der Waals surface area contributed by atoms with Crippen molar-refractivity contribution in [2.24, 2.45) is 0 Å². The average Bonchev–Trinajstić information content (AvgIpc) is 3.20. The van der Waals surface area contributed by atoms with Crippen LogP contribution < -0.4 is 5.32 Å². The van der Waals surface area contributed by atoms with E-state index in [9.17, 15) is 0 Å². The lowest BCUT2D eigenvalue weighted by atomic mass is 10.1. The number of nitrogens with zero attached hydrogens (tertiary/aromatic N) is 5. The summed E-state index contributed by atoms with van der Waals surface area (Å²) in [5.74, 6) is 2.59. The van der Waals surface area contributed by atoms with Gasteiger partial charge < -0.3 is 5.32 Å². The van der Waals surface area contributed by atoms with Gasteiger partial charge in [-0.3, -0.25) is 4.98 Å². The SMILES string of the molecule is Cc1c(NCc2cccnc2)cccc1-c1nc(C(C)C)nn1-c1ccccn1. The van der Waals surface area contributed by atoms with Gasteiger partial charge in [0, 0.05) is 42.3 Å². The van der Waals surface area contributed by atoms with Gasteiger partial charge in [-0.05, 0) is 42.3 Å². The van der Waals surface area contributed by atoms with E-state index < -0.39 is 0 Å². The maximum absolute atomic E-state index is 4.85. The Morgan fingerprint density at radius 1 is 1.00 bits per heavy atom. The summed E-state index contributed by atoms with van der Waals surface area (Å²) in [7, 11) is 0. The second-order valence-electron chi connectivity index (χ2n) is 7.24. The summed E-state index contributed by atoms with van der Waals surface area (Å²) >= 11 is 0. The van der Waals surface area contributed by atoms with Gasteiger partial charge in [-0.25, -0.2) is 9.97 Å². The molecule has 6 heteroatoms. The van der Waals surface area contributed by atoms with Crippen molar-refractivity contribution in [1.82, 2.24) is 24.7 Å². The minimum absolute atomic E-state index is 0.228. The smallest absolute Gasteiger partial charge is 0.165 e. The summed E-state index contributed by atoms with van der Waals surface area (Å²) in [5.41, 5.74) is 4.35. The van der Waals surface area contributed by atoms with E-state index in [2.05, 4.69) is 54.3 Å². The van der Waals surface area contributed by atoms with Crippen molar-refractivity contribution >= 4 is 5.69 Å². The highest BCUT2D eigenvalue weighted by Crippen LogP contribution is 2.30. The van der Waals surface area contributed by atoms with E-state index in [4.69, 9.17) is 10.1 Å². The molecular formula is C23H24N6. The fraction of sp³-hybridized carbons (Fsp3) is 0.217. The summed E-state index contributed by atoms with van der Waals surface area (Å²) in [6.07, 6.45) is 5.43. The molecule has 146 valence electrons. The van der Waals surface area contributed by atoms with E-state index in [-0.39, 0.29) is 5.92 Å². The van der Waals surface area contributed by atoms with E-state index in [0.29, 0.717) is 6.54 Å². The second-order valence-corrected chi connectivity index (χ2v) is 7.24. The molecule has 3 aromatic heterocycles. The first-order chi connectivity index (χ1) is 14.1. The summed E-state index contributed by atoms with van der Waals surface area (Å²) in [6.45, 7) is 7.01. The number of aromatic nitrogens is 5. The molecule has 1 N–H and O–H groups in total. The number of rotatable bonds is 6. The van der Waals surface area contributed by atoms with Crippen molar-refractivity contribution in [2.75, 3.05) is 5.32 Å². The van der Waals surface area contributed by atoms with Crippen molar-refractivity contribution in [3.63, 3.8) is 0 Å². The van der Waals surface area contributed by atoms with Crippen molar-refractivity contribution in [1.29, 1.82) is 0 Å². The Morgan fingerprint density at radius 2 is 1.90 bits per heavy atom. The molecule has 0 spiro atoms. The fourth-order valence-electron chi connectivity index (χ4n) is 3.16. The minimum atomic E-state index is 0.228. The first-order valence-electron chi connectivity index (χ1n) is 9.74. The first kappa shape index (κ1) is 18.8. The molecule has 4 aromatic rings. The van der Waals surface area contributed by atoms with Crippen LogP contribution in [0.3, 0.4) is 0 Å². The normalized spacial score (nSPS) is 11.0. The molecule has 3 heterocycles. The van der Waals surface area contributed by atoms with Gasteiger partial charge in [-0.1, -0.05) is 38.1 Å². The lowest BCUT2D eigenvalue weighted by Crippen LogP contribution is -2.05. The zero-order valence-electron chi connectivity index (χ0n) is 16.9. The molecule has 0 atom stereocenters. The quantitative estimate of drug-likeness (QED) is 0.519. The third-order valence-electron chi connectivity index (χ3n) is 4.79. The molecule has 1 aromatic carbocycles. The Bertz CT molecular complexity index is 1090. The predicted octanol–water partition coefficient (Wildman–Crippen LogP) is 4.77. The maximum Gasteiger partial charge on any atom is 0.165 e. The Hall–Kier alpha value is -3.54. The standard InChI is InChI=1S/C23H24N6/c1-16(2)22-27-23(29(28-22)21-11-4-5-13-25-21)19-9-6-10-20(17(19)3)26-15-18-8-7-12-24-14-18/h4-14,16,26H,15H2,1-3H3. The van der Waals surface area contributed by atoms with E-state index in [1.165, 1.54) is 0 Å². The average molecular weight is 384 g/mol. The van der Waals surface area contributed by atoms with Crippen LogP contribution in [0.5, 0.6) is 0 Å². The van der Waals surface area contributed by atoms with Crippen molar-refractivity contribution < 1.29 is 0 Å². The summed E-state index contributed by atoms with van der Waals surface area (Å²) in [4.78, 5) is 13.5. The van der Waals surface area contributed by atoms with Crippen LogP contribution in [0.25, 0.3) is 17.2 Å². The third-order valence-corrected chi connectivity index (χ3v) is 4.79. The predicted molar refractivity (Wildman–Crippen MR) is 115 cm³/mol. The lowest BCUT2D eigenvalue weighted by molar-refractivity contribution is 0.747. The molecule has 0 bridgehead atoms.